The summed E-state index contributed by atoms with van der Waals surface area (Å²) in [4.78, 5) is 5.01. The van der Waals surface area contributed by atoms with Crippen molar-refractivity contribution in [3.8, 4) is 12.1 Å². The minimum Gasteiger partial charge on any atom is -0.257 e. The first kappa shape index (κ1) is 16.9. The molecule has 2 rings (SSSR count). The number of pyridine rings is 1. The number of nitriles is 2. The molecule has 1 heterocycles. The van der Waals surface area contributed by atoms with Crippen LogP contribution in [0.2, 0.25) is 0 Å². The molecule has 2 aromatic rings. The standard InChI is InChI=1S/C16H10F3N3S/c1-9-5-15(13(8-21)10(2)22-9)23-12-4-3-11(7-20)14(6-12)16(17,18)19/h3-6H,1-2H3. The predicted molar refractivity (Wildman–Crippen MR) is 78.7 cm³/mol. The van der Waals surface area contributed by atoms with Crippen molar-refractivity contribution in [1.82, 2.24) is 4.98 Å². The van der Waals surface area contributed by atoms with Crippen LogP contribution < -0.4 is 0 Å². The van der Waals surface area contributed by atoms with Crippen molar-refractivity contribution in [2.24, 2.45) is 0 Å². The van der Waals surface area contributed by atoms with Crippen LogP contribution in [0.1, 0.15) is 28.1 Å². The molecule has 0 N–H and O–H groups in total. The second kappa shape index (κ2) is 6.31. The molecule has 0 fully saturated rings. The lowest BCUT2D eigenvalue weighted by atomic mass is 10.1. The molecule has 1 aromatic carbocycles. The Hall–Kier alpha value is -2.51. The summed E-state index contributed by atoms with van der Waals surface area (Å²) in [6, 6.07) is 8.72. The highest BCUT2D eigenvalue weighted by Gasteiger charge is 2.33. The molecule has 0 saturated carbocycles. The second-order valence-corrected chi connectivity index (χ2v) is 5.87. The normalized spacial score (nSPS) is 10.9. The van der Waals surface area contributed by atoms with Crippen molar-refractivity contribution < 1.29 is 13.2 Å². The molecule has 23 heavy (non-hydrogen) atoms. The van der Waals surface area contributed by atoms with Crippen LogP contribution >= 0.6 is 11.8 Å². The van der Waals surface area contributed by atoms with Gasteiger partial charge in [0.15, 0.2) is 0 Å². The summed E-state index contributed by atoms with van der Waals surface area (Å²) >= 11 is 1.04. The Morgan fingerprint density at radius 1 is 1.09 bits per heavy atom. The van der Waals surface area contributed by atoms with Gasteiger partial charge in [-0.05, 0) is 38.1 Å². The number of rotatable bonds is 2. The lowest BCUT2D eigenvalue weighted by Crippen LogP contribution is -2.07. The van der Waals surface area contributed by atoms with Crippen LogP contribution in [-0.4, -0.2) is 4.98 Å². The highest BCUT2D eigenvalue weighted by atomic mass is 32.2. The molecule has 0 aliphatic rings. The summed E-state index contributed by atoms with van der Waals surface area (Å²) in [5, 5.41) is 18.0. The number of hydrogen-bond donors (Lipinski definition) is 0. The van der Waals surface area contributed by atoms with Crippen molar-refractivity contribution >= 4 is 11.8 Å². The van der Waals surface area contributed by atoms with E-state index in [9.17, 15) is 18.4 Å². The van der Waals surface area contributed by atoms with E-state index in [1.807, 2.05) is 6.07 Å². The van der Waals surface area contributed by atoms with Gasteiger partial charge in [-0.3, -0.25) is 4.98 Å². The van der Waals surface area contributed by atoms with E-state index in [0.717, 1.165) is 23.9 Å². The number of benzene rings is 1. The number of hydrogen-bond acceptors (Lipinski definition) is 4. The maximum atomic E-state index is 13.0. The van der Waals surface area contributed by atoms with Crippen molar-refractivity contribution in [2.75, 3.05) is 0 Å². The Labute approximate surface area is 135 Å². The fourth-order valence-electron chi connectivity index (χ4n) is 2.06. The Morgan fingerprint density at radius 2 is 1.78 bits per heavy atom. The quantitative estimate of drug-likeness (QED) is 0.805. The highest BCUT2D eigenvalue weighted by molar-refractivity contribution is 7.99. The van der Waals surface area contributed by atoms with E-state index in [-0.39, 0.29) is 0 Å². The van der Waals surface area contributed by atoms with Gasteiger partial charge in [0.1, 0.15) is 6.07 Å². The average Bonchev–Trinajstić information content (AvgIpc) is 2.46. The number of aromatic nitrogens is 1. The van der Waals surface area contributed by atoms with Gasteiger partial charge in [0, 0.05) is 15.5 Å². The van der Waals surface area contributed by atoms with Crippen LogP contribution in [0.4, 0.5) is 13.2 Å². The monoisotopic (exact) mass is 333 g/mol. The van der Waals surface area contributed by atoms with E-state index in [4.69, 9.17) is 5.26 Å². The third-order valence-electron chi connectivity index (χ3n) is 3.05. The molecule has 1 aromatic heterocycles. The van der Waals surface area contributed by atoms with Gasteiger partial charge in [0.25, 0.3) is 0 Å². The third-order valence-corrected chi connectivity index (χ3v) is 4.08. The number of alkyl halides is 3. The van der Waals surface area contributed by atoms with Gasteiger partial charge < -0.3 is 0 Å². The van der Waals surface area contributed by atoms with Gasteiger partial charge >= 0.3 is 6.18 Å². The summed E-state index contributed by atoms with van der Waals surface area (Å²) in [5.41, 5.74) is 0.127. The van der Waals surface area contributed by atoms with E-state index in [2.05, 4.69) is 4.98 Å². The molecule has 0 radical (unpaired) electrons. The zero-order chi connectivity index (χ0) is 17.2. The van der Waals surface area contributed by atoms with E-state index in [1.54, 1.807) is 26.0 Å². The van der Waals surface area contributed by atoms with Crippen molar-refractivity contribution in [3.05, 3.63) is 52.3 Å². The number of halogens is 3. The van der Waals surface area contributed by atoms with Gasteiger partial charge in [0.05, 0.1) is 28.5 Å². The van der Waals surface area contributed by atoms with Crippen molar-refractivity contribution in [2.45, 2.75) is 29.8 Å². The Bertz CT molecular complexity index is 845. The van der Waals surface area contributed by atoms with E-state index in [1.165, 1.54) is 6.07 Å². The maximum Gasteiger partial charge on any atom is 0.417 e. The third kappa shape index (κ3) is 3.64. The van der Waals surface area contributed by atoms with E-state index < -0.39 is 17.3 Å². The molecule has 0 bridgehead atoms. The Morgan fingerprint density at radius 3 is 2.35 bits per heavy atom. The first-order valence-electron chi connectivity index (χ1n) is 6.44. The zero-order valence-electron chi connectivity index (χ0n) is 12.2. The van der Waals surface area contributed by atoms with Crippen LogP contribution in [0, 0.1) is 36.5 Å². The van der Waals surface area contributed by atoms with Crippen LogP contribution in [-0.2, 0) is 6.18 Å². The molecule has 3 nitrogen and oxygen atoms in total. The summed E-state index contributed by atoms with van der Waals surface area (Å²) in [7, 11) is 0. The lowest BCUT2D eigenvalue weighted by molar-refractivity contribution is -0.137. The summed E-state index contributed by atoms with van der Waals surface area (Å²) in [6.45, 7) is 3.42. The molecule has 0 spiro atoms. The van der Waals surface area contributed by atoms with Crippen molar-refractivity contribution in [3.63, 3.8) is 0 Å². The molecule has 0 unspecified atom stereocenters. The van der Waals surface area contributed by atoms with Crippen LogP contribution in [0.15, 0.2) is 34.1 Å². The molecule has 0 saturated heterocycles. The zero-order valence-corrected chi connectivity index (χ0v) is 13.0. The Balaban J connectivity index is 2.51. The first-order valence-corrected chi connectivity index (χ1v) is 7.25. The minimum atomic E-state index is -4.61. The van der Waals surface area contributed by atoms with Gasteiger partial charge in [-0.25, -0.2) is 0 Å². The molecule has 0 aliphatic heterocycles. The van der Waals surface area contributed by atoms with Crippen molar-refractivity contribution in [1.29, 1.82) is 10.5 Å². The van der Waals surface area contributed by atoms with Crippen LogP contribution in [0.3, 0.4) is 0 Å². The van der Waals surface area contributed by atoms with Gasteiger partial charge in [0.2, 0.25) is 0 Å². The van der Waals surface area contributed by atoms with E-state index >= 15 is 0 Å². The summed E-state index contributed by atoms with van der Waals surface area (Å²) in [5.74, 6) is 0. The van der Waals surface area contributed by atoms with Crippen LogP contribution in [0.5, 0.6) is 0 Å². The Kier molecular flexibility index (Phi) is 4.63. The second-order valence-electron chi connectivity index (χ2n) is 4.75. The largest absolute Gasteiger partial charge is 0.417 e. The smallest absolute Gasteiger partial charge is 0.257 e. The first-order chi connectivity index (χ1) is 10.8. The molecule has 0 aliphatic carbocycles. The number of nitrogens with zero attached hydrogens (tertiary/aromatic N) is 3. The molecule has 116 valence electrons. The topological polar surface area (TPSA) is 60.5 Å². The van der Waals surface area contributed by atoms with E-state index in [0.29, 0.717) is 26.7 Å². The highest BCUT2D eigenvalue weighted by Crippen LogP contribution is 2.37. The summed E-state index contributed by atoms with van der Waals surface area (Å²) in [6.07, 6.45) is -4.61. The summed E-state index contributed by atoms with van der Waals surface area (Å²) < 4.78 is 39.0. The molecular formula is C16H10F3N3S. The predicted octanol–water partition coefficient (Wildman–Crippen LogP) is 4.61. The van der Waals surface area contributed by atoms with Gasteiger partial charge in [-0.2, -0.15) is 23.7 Å². The average molecular weight is 333 g/mol. The van der Waals surface area contributed by atoms with Gasteiger partial charge in [-0.1, -0.05) is 11.8 Å². The lowest BCUT2D eigenvalue weighted by Gasteiger charge is -2.12. The molecule has 7 heteroatoms. The molecule has 0 amide bonds. The molecular weight excluding hydrogens is 323 g/mol. The number of aryl methyl sites for hydroxylation is 2. The fourth-order valence-corrected chi connectivity index (χ4v) is 3.15. The fraction of sp³-hybridized carbons (Fsp3) is 0.188. The maximum absolute atomic E-state index is 13.0. The molecule has 0 atom stereocenters. The SMILES string of the molecule is Cc1cc(Sc2ccc(C#N)c(C(F)(F)F)c2)c(C#N)c(C)n1. The van der Waals surface area contributed by atoms with Gasteiger partial charge in [-0.15, -0.1) is 0 Å². The van der Waals surface area contributed by atoms with Crippen LogP contribution in [0.25, 0.3) is 0 Å². The minimum absolute atomic E-state index is 0.304.